The highest BCUT2D eigenvalue weighted by Crippen LogP contribution is 2.30. The Morgan fingerprint density at radius 2 is 1.20 bits per heavy atom. The lowest BCUT2D eigenvalue weighted by Gasteiger charge is -2.20. The van der Waals surface area contributed by atoms with Crippen LogP contribution in [0.15, 0.2) is 108 Å². The van der Waals surface area contributed by atoms with Crippen molar-refractivity contribution in [2.24, 2.45) is 4.99 Å². The smallest absolute Gasteiger partial charge is 0.0630 e. The van der Waals surface area contributed by atoms with Gasteiger partial charge in [-0.2, -0.15) is 0 Å². The second-order valence-corrected chi connectivity index (χ2v) is 8.68. The molecule has 0 aliphatic rings. The largest absolute Gasteiger partial charge is 0.372 e. The summed E-state index contributed by atoms with van der Waals surface area (Å²) in [5.41, 5.74) is 5.72. The Hall–Kier alpha value is -4.17. The summed E-state index contributed by atoms with van der Waals surface area (Å²) in [6.45, 7) is 6.40. The molecule has 0 atom stereocenters. The van der Waals surface area contributed by atoms with E-state index in [9.17, 15) is 0 Å². The van der Waals surface area contributed by atoms with E-state index in [-0.39, 0.29) is 0 Å². The molecule has 5 aromatic carbocycles. The summed E-state index contributed by atoms with van der Waals surface area (Å²) in [7, 11) is 0. The van der Waals surface area contributed by atoms with Crippen LogP contribution in [0.25, 0.3) is 33.7 Å². The summed E-state index contributed by atoms with van der Waals surface area (Å²) in [5.74, 6) is 0. The Balaban J connectivity index is 1.35. The molecule has 0 fully saturated rings. The number of rotatable bonds is 7. The van der Waals surface area contributed by atoms with Gasteiger partial charge in [0.1, 0.15) is 0 Å². The average Bonchev–Trinajstić information content (AvgIpc) is 2.92. The molecule has 0 aromatic heterocycles. The Morgan fingerprint density at radius 1 is 0.629 bits per heavy atom. The monoisotopic (exact) mass is 454 g/mol. The molecule has 0 heterocycles. The predicted octanol–water partition coefficient (Wildman–Crippen LogP) is 8.76. The molecule has 0 N–H and O–H groups in total. The van der Waals surface area contributed by atoms with Gasteiger partial charge in [0.25, 0.3) is 0 Å². The molecule has 5 aromatic rings. The standard InChI is InChI=1S/C33H30N2/c1-3-35(4-2)30-20-15-26(16-21-30)24-34-29-18-13-25(14-19-29)17-22-33-31-11-7-5-9-27(31)23-28-10-6-8-12-32(28)33/h5-24H,3-4H2,1-2H3/b22-17+,34-24?. The Labute approximate surface area is 207 Å². The van der Waals surface area contributed by atoms with Crippen LogP contribution in [0, 0.1) is 0 Å². The van der Waals surface area contributed by atoms with Crippen molar-refractivity contribution in [2.75, 3.05) is 18.0 Å². The fourth-order valence-corrected chi connectivity index (χ4v) is 4.59. The summed E-state index contributed by atoms with van der Waals surface area (Å²) < 4.78 is 0. The molecular formula is C33H30N2. The van der Waals surface area contributed by atoms with Gasteiger partial charge in [-0.15, -0.1) is 0 Å². The lowest BCUT2D eigenvalue weighted by atomic mass is 9.96. The fraction of sp³-hybridized carbons (Fsp3) is 0.121. The lowest BCUT2D eigenvalue weighted by Crippen LogP contribution is -2.21. The highest BCUT2D eigenvalue weighted by Gasteiger charge is 2.05. The van der Waals surface area contributed by atoms with Gasteiger partial charge in [0, 0.05) is 25.0 Å². The zero-order valence-electron chi connectivity index (χ0n) is 20.4. The van der Waals surface area contributed by atoms with Gasteiger partial charge in [0.15, 0.2) is 0 Å². The number of hydrogen-bond acceptors (Lipinski definition) is 2. The number of nitrogens with zero attached hydrogens (tertiary/aromatic N) is 2. The van der Waals surface area contributed by atoms with Crippen LogP contribution in [0.3, 0.4) is 0 Å². The average molecular weight is 455 g/mol. The zero-order valence-corrected chi connectivity index (χ0v) is 20.4. The third kappa shape index (κ3) is 5.02. The molecule has 0 aliphatic carbocycles. The first-order valence-electron chi connectivity index (χ1n) is 12.3. The van der Waals surface area contributed by atoms with Crippen LogP contribution in [-0.4, -0.2) is 19.3 Å². The van der Waals surface area contributed by atoms with Crippen LogP contribution < -0.4 is 4.90 Å². The van der Waals surface area contributed by atoms with E-state index in [2.05, 4.69) is 139 Å². The van der Waals surface area contributed by atoms with Gasteiger partial charge >= 0.3 is 0 Å². The van der Waals surface area contributed by atoms with E-state index in [4.69, 9.17) is 0 Å². The summed E-state index contributed by atoms with van der Waals surface area (Å²) in [4.78, 5) is 7.01. The Bertz CT molecular complexity index is 1430. The third-order valence-electron chi connectivity index (χ3n) is 6.53. The molecule has 35 heavy (non-hydrogen) atoms. The van der Waals surface area contributed by atoms with E-state index in [1.54, 1.807) is 0 Å². The normalized spacial score (nSPS) is 11.7. The van der Waals surface area contributed by atoms with Crippen molar-refractivity contribution in [3.8, 4) is 0 Å². The maximum Gasteiger partial charge on any atom is 0.0630 e. The van der Waals surface area contributed by atoms with E-state index >= 15 is 0 Å². The lowest BCUT2D eigenvalue weighted by molar-refractivity contribution is 0.866. The molecule has 0 spiro atoms. The molecule has 2 heteroatoms. The SMILES string of the molecule is CCN(CC)c1ccc(C=Nc2ccc(/C=C/c3c4ccccc4cc4ccccc34)cc2)cc1. The summed E-state index contributed by atoms with van der Waals surface area (Å²) in [5, 5.41) is 5.08. The van der Waals surface area contributed by atoms with Crippen LogP contribution >= 0.6 is 0 Å². The van der Waals surface area contributed by atoms with Gasteiger partial charge in [0.2, 0.25) is 0 Å². The molecule has 2 nitrogen and oxygen atoms in total. The van der Waals surface area contributed by atoms with Crippen LogP contribution in [0.5, 0.6) is 0 Å². The minimum atomic E-state index is 0.950. The van der Waals surface area contributed by atoms with Crippen molar-refractivity contribution in [1.29, 1.82) is 0 Å². The van der Waals surface area contributed by atoms with Gasteiger partial charge < -0.3 is 4.90 Å². The van der Waals surface area contributed by atoms with E-state index < -0.39 is 0 Å². The first-order chi connectivity index (χ1) is 17.2. The second kappa shape index (κ2) is 10.4. The van der Waals surface area contributed by atoms with Crippen LogP contribution in [0.4, 0.5) is 11.4 Å². The number of benzene rings is 5. The molecule has 0 aliphatic heterocycles. The molecular weight excluding hydrogens is 424 g/mol. The molecule has 0 unspecified atom stereocenters. The zero-order chi connectivity index (χ0) is 24.0. The van der Waals surface area contributed by atoms with Crippen molar-refractivity contribution < 1.29 is 0 Å². The van der Waals surface area contributed by atoms with Crippen molar-refractivity contribution in [1.82, 2.24) is 0 Å². The third-order valence-corrected chi connectivity index (χ3v) is 6.53. The molecule has 0 amide bonds. The van der Waals surface area contributed by atoms with E-state index in [1.165, 1.54) is 32.8 Å². The Kier molecular flexibility index (Phi) is 6.72. The minimum Gasteiger partial charge on any atom is -0.372 e. The van der Waals surface area contributed by atoms with Crippen LogP contribution in [0.1, 0.15) is 30.5 Å². The Morgan fingerprint density at radius 3 is 1.80 bits per heavy atom. The van der Waals surface area contributed by atoms with Gasteiger partial charge in [-0.05, 0) is 82.4 Å². The van der Waals surface area contributed by atoms with Gasteiger partial charge in [-0.25, -0.2) is 0 Å². The first-order valence-corrected chi connectivity index (χ1v) is 12.3. The van der Waals surface area contributed by atoms with Crippen molar-refractivity contribution in [3.63, 3.8) is 0 Å². The summed E-state index contributed by atoms with van der Waals surface area (Å²) >= 11 is 0. The number of fused-ring (bicyclic) bond motifs is 2. The van der Waals surface area contributed by atoms with Crippen molar-refractivity contribution in [2.45, 2.75) is 13.8 Å². The van der Waals surface area contributed by atoms with E-state index in [0.29, 0.717) is 0 Å². The second-order valence-electron chi connectivity index (χ2n) is 8.68. The van der Waals surface area contributed by atoms with Crippen LogP contribution in [-0.2, 0) is 0 Å². The molecule has 0 bridgehead atoms. The quantitative estimate of drug-likeness (QED) is 0.136. The number of hydrogen-bond donors (Lipinski definition) is 0. The highest BCUT2D eigenvalue weighted by atomic mass is 15.1. The van der Waals surface area contributed by atoms with E-state index in [1.807, 2.05) is 6.21 Å². The topological polar surface area (TPSA) is 15.6 Å². The van der Waals surface area contributed by atoms with E-state index in [0.717, 1.165) is 29.9 Å². The van der Waals surface area contributed by atoms with Gasteiger partial charge in [0.05, 0.1) is 5.69 Å². The van der Waals surface area contributed by atoms with Crippen molar-refractivity contribution >= 4 is 51.3 Å². The molecule has 172 valence electrons. The number of aliphatic imine (C=N–C) groups is 1. The van der Waals surface area contributed by atoms with Crippen LogP contribution in [0.2, 0.25) is 0 Å². The first kappa shape index (κ1) is 22.6. The maximum absolute atomic E-state index is 4.67. The minimum absolute atomic E-state index is 0.950. The van der Waals surface area contributed by atoms with Gasteiger partial charge in [-0.3, -0.25) is 4.99 Å². The molecule has 0 saturated heterocycles. The predicted molar refractivity (Wildman–Crippen MR) is 154 cm³/mol. The fourth-order valence-electron chi connectivity index (χ4n) is 4.59. The number of anilines is 1. The highest BCUT2D eigenvalue weighted by molar-refractivity contribution is 6.07. The van der Waals surface area contributed by atoms with Crippen molar-refractivity contribution in [3.05, 3.63) is 120 Å². The maximum atomic E-state index is 4.67. The molecule has 5 rings (SSSR count). The van der Waals surface area contributed by atoms with Gasteiger partial charge in [-0.1, -0.05) is 84.9 Å². The molecule has 0 radical (unpaired) electrons. The molecule has 0 saturated carbocycles. The summed E-state index contributed by atoms with van der Waals surface area (Å²) in [6, 6.07) is 36.4. The summed E-state index contributed by atoms with van der Waals surface area (Å²) in [6.07, 6.45) is 6.35.